The van der Waals surface area contributed by atoms with Crippen molar-refractivity contribution in [3.8, 4) is 5.00 Å². The van der Waals surface area contributed by atoms with E-state index < -0.39 is 11.6 Å². The summed E-state index contributed by atoms with van der Waals surface area (Å²) in [5.74, 6) is 1.23. The van der Waals surface area contributed by atoms with Crippen molar-refractivity contribution in [3.05, 3.63) is 62.5 Å². The van der Waals surface area contributed by atoms with Crippen molar-refractivity contribution in [2.24, 2.45) is 4.99 Å². The Morgan fingerprint density at radius 2 is 1.33 bits per heavy atom. The number of hydrogen-bond acceptors (Lipinski definition) is 14. The molecule has 0 spiro atoms. The van der Waals surface area contributed by atoms with E-state index in [1.807, 2.05) is 56.5 Å². The summed E-state index contributed by atoms with van der Waals surface area (Å²) in [6.07, 6.45) is 1.56. The van der Waals surface area contributed by atoms with Crippen LogP contribution in [0.15, 0.2) is 29.3 Å². The van der Waals surface area contributed by atoms with Crippen LogP contribution < -0.4 is 5.32 Å². The zero-order valence-corrected chi connectivity index (χ0v) is 38.1. The lowest BCUT2D eigenvalue weighted by molar-refractivity contribution is -0.121. The Kier molecular flexibility index (Phi) is 19.8. The van der Waals surface area contributed by atoms with Crippen LogP contribution in [0.25, 0.3) is 5.00 Å². The highest BCUT2D eigenvalue weighted by Crippen LogP contribution is 2.39. The molecule has 0 radical (unpaired) electrons. The van der Waals surface area contributed by atoms with Gasteiger partial charge in [0.25, 0.3) is 0 Å². The molecule has 3 aromatic rings. The standard InChI is InChI=1S/C43H63ClN6O10S/c1-30-31(2)61-41-38(30)39(33-7-9-34(44)10-8-33)46-36(40-48-47-32(3)50(40)41)29-37(51)45-13-16-53-17-18-54-19-20-55-21-22-56-23-24-57-25-26-58-27-28-59-35-11-14-49(15-12-35)42(52)60-43(4,5)6/h7-10,35-36H,11-29H2,1-6H3,(H,45,51)/t36-/m0/s1. The fourth-order valence-electron chi connectivity index (χ4n) is 6.65. The van der Waals surface area contributed by atoms with Gasteiger partial charge < -0.3 is 48.1 Å². The summed E-state index contributed by atoms with van der Waals surface area (Å²) in [7, 11) is 0. The van der Waals surface area contributed by atoms with E-state index in [1.165, 1.54) is 4.88 Å². The number of amides is 2. The zero-order valence-electron chi connectivity index (χ0n) is 36.5. The van der Waals surface area contributed by atoms with Gasteiger partial charge in [-0.3, -0.25) is 14.4 Å². The molecular formula is C43H63ClN6O10S. The predicted octanol–water partition coefficient (Wildman–Crippen LogP) is 5.82. The van der Waals surface area contributed by atoms with E-state index in [0.29, 0.717) is 116 Å². The molecular weight excluding hydrogens is 828 g/mol. The molecule has 0 bridgehead atoms. The number of nitrogens with one attached hydrogen (secondary N) is 1. The summed E-state index contributed by atoms with van der Waals surface area (Å²) in [6.45, 7) is 19.3. The highest BCUT2D eigenvalue weighted by Gasteiger charge is 2.32. The van der Waals surface area contributed by atoms with Gasteiger partial charge in [-0.2, -0.15) is 0 Å². The molecule has 2 aliphatic rings. The maximum Gasteiger partial charge on any atom is 0.410 e. The Hall–Kier alpha value is -3.52. The van der Waals surface area contributed by atoms with Gasteiger partial charge >= 0.3 is 6.09 Å². The lowest BCUT2D eigenvalue weighted by Gasteiger charge is -2.33. The van der Waals surface area contributed by atoms with Crippen LogP contribution in [0.3, 0.4) is 0 Å². The SMILES string of the molecule is Cc1sc2c(c1C)C(c1ccc(Cl)cc1)=N[C@@H](CC(=O)NCCOCCOCCOCCOCCOCCOCCOC1CCN(C(=O)OC(C)(C)C)CC1)c1nnc(C)n1-2. The van der Waals surface area contributed by atoms with Crippen molar-refractivity contribution < 1.29 is 47.5 Å². The molecule has 2 aromatic heterocycles. The average molecular weight is 892 g/mol. The number of rotatable bonds is 25. The molecule has 1 aromatic carbocycles. The van der Waals surface area contributed by atoms with Crippen molar-refractivity contribution in [2.75, 3.05) is 106 Å². The summed E-state index contributed by atoms with van der Waals surface area (Å²) in [6, 6.07) is 7.09. The summed E-state index contributed by atoms with van der Waals surface area (Å²) in [4.78, 5) is 33.4. The monoisotopic (exact) mass is 890 g/mol. The molecule has 0 unspecified atom stereocenters. The highest BCUT2D eigenvalue weighted by molar-refractivity contribution is 7.15. The summed E-state index contributed by atoms with van der Waals surface area (Å²) >= 11 is 7.89. The quantitative estimate of drug-likeness (QED) is 0.102. The zero-order chi connectivity index (χ0) is 43.6. The van der Waals surface area contributed by atoms with Gasteiger partial charge in [0.2, 0.25) is 5.91 Å². The predicted molar refractivity (Wildman–Crippen MR) is 233 cm³/mol. The number of ether oxygens (including phenoxy) is 8. The lowest BCUT2D eigenvalue weighted by atomic mass is 9.99. The number of aromatic nitrogens is 3. The molecule has 0 saturated carbocycles. The maximum atomic E-state index is 13.2. The van der Waals surface area contributed by atoms with Gasteiger partial charge in [0, 0.05) is 40.7 Å². The third-order valence-corrected chi connectivity index (χ3v) is 11.3. The second-order valence-corrected chi connectivity index (χ2v) is 17.3. The van der Waals surface area contributed by atoms with E-state index in [2.05, 4.69) is 29.4 Å². The Labute approximate surface area is 368 Å². The molecule has 1 N–H and O–H groups in total. The first-order chi connectivity index (χ1) is 29.4. The number of thiophene rings is 1. The van der Waals surface area contributed by atoms with Crippen LogP contribution >= 0.6 is 22.9 Å². The van der Waals surface area contributed by atoms with Gasteiger partial charge in [-0.1, -0.05) is 23.7 Å². The van der Waals surface area contributed by atoms with E-state index in [0.717, 1.165) is 46.1 Å². The number of hydrogen-bond donors (Lipinski definition) is 1. The number of piperidine rings is 1. The molecule has 2 aliphatic heterocycles. The van der Waals surface area contributed by atoms with Gasteiger partial charge in [-0.05, 0) is 72.1 Å². The van der Waals surface area contributed by atoms with Crippen LogP contribution in [-0.4, -0.2) is 155 Å². The molecule has 16 nitrogen and oxygen atoms in total. The third-order valence-electron chi connectivity index (χ3n) is 9.84. The second-order valence-electron chi connectivity index (χ2n) is 15.7. The van der Waals surface area contributed by atoms with Crippen molar-refractivity contribution in [1.82, 2.24) is 25.0 Å². The summed E-state index contributed by atoms with van der Waals surface area (Å²) in [5, 5.41) is 13.4. The lowest BCUT2D eigenvalue weighted by Crippen LogP contribution is -2.43. The molecule has 4 heterocycles. The molecule has 61 heavy (non-hydrogen) atoms. The first-order valence-corrected chi connectivity index (χ1v) is 22.3. The van der Waals surface area contributed by atoms with E-state index in [1.54, 1.807) is 16.2 Å². The number of aryl methyl sites for hydroxylation is 2. The molecule has 1 saturated heterocycles. The molecule has 338 valence electrons. The number of likely N-dealkylation sites (tertiary alicyclic amines) is 1. The molecule has 1 atom stereocenters. The number of carbonyl (C=O) groups is 2. The van der Waals surface area contributed by atoms with E-state index in [9.17, 15) is 9.59 Å². The maximum absolute atomic E-state index is 13.2. The minimum absolute atomic E-state index is 0.111. The van der Waals surface area contributed by atoms with Gasteiger partial charge in [0.15, 0.2) is 5.82 Å². The average Bonchev–Trinajstić information content (AvgIpc) is 3.71. The number of carbonyl (C=O) groups excluding carboxylic acids is 2. The minimum Gasteiger partial charge on any atom is -0.444 e. The summed E-state index contributed by atoms with van der Waals surface area (Å²) < 4.78 is 46.9. The van der Waals surface area contributed by atoms with Gasteiger partial charge in [0.05, 0.1) is 104 Å². The van der Waals surface area contributed by atoms with Gasteiger partial charge in [-0.25, -0.2) is 4.79 Å². The summed E-state index contributed by atoms with van der Waals surface area (Å²) in [5.41, 5.74) is 3.41. The van der Waals surface area contributed by atoms with Crippen LogP contribution in [0.4, 0.5) is 4.79 Å². The Balaban J connectivity index is 0.824. The van der Waals surface area contributed by atoms with E-state index in [-0.39, 0.29) is 24.5 Å². The Morgan fingerprint density at radius 1 is 0.787 bits per heavy atom. The van der Waals surface area contributed by atoms with Gasteiger partial charge in [-0.15, -0.1) is 21.5 Å². The molecule has 18 heteroatoms. The largest absolute Gasteiger partial charge is 0.444 e. The number of aliphatic imine (C=N–C) groups is 1. The fraction of sp³-hybridized carbons (Fsp3) is 0.651. The first-order valence-electron chi connectivity index (χ1n) is 21.1. The van der Waals surface area contributed by atoms with Crippen LogP contribution in [-0.2, 0) is 42.7 Å². The van der Waals surface area contributed by atoms with Crippen LogP contribution in [0.5, 0.6) is 0 Å². The number of halogens is 1. The van der Waals surface area contributed by atoms with E-state index in [4.69, 9.17) is 54.5 Å². The van der Waals surface area contributed by atoms with Crippen LogP contribution in [0.2, 0.25) is 5.02 Å². The second kappa shape index (κ2) is 24.9. The van der Waals surface area contributed by atoms with Crippen molar-refractivity contribution in [2.45, 2.75) is 78.6 Å². The van der Waals surface area contributed by atoms with E-state index >= 15 is 0 Å². The number of fused-ring (bicyclic) bond motifs is 3. The Bertz CT molecular complexity index is 1840. The topological polar surface area (TPSA) is 166 Å². The molecule has 2 amide bonds. The van der Waals surface area contributed by atoms with Gasteiger partial charge in [0.1, 0.15) is 22.5 Å². The van der Waals surface area contributed by atoms with Crippen molar-refractivity contribution >= 4 is 40.6 Å². The fourth-order valence-corrected chi connectivity index (χ4v) is 7.99. The molecule has 0 aliphatic carbocycles. The highest BCUT2D eigenvalue weighted by atomic mass is 35.5. The molecule has 5 rings (SSSR count). The number of benzene rings is 1. The Morgan fingerprint density at radius 3 is 1.89 bits per heavy atom. The minimum atomic E-state index is -0.534. The van der Waals surface area contributed by atoms with Crippen LogP contribution in [0, 0.1) is 20.8 Å². The number of nitrogens with zero attached hydrogens (tertiary/aromatic N) is 5. The van der Waals surface area contributed by atoms with Crippen molar-refractivity contribution in [3.63, 3.8) is 0 Å². The van der Waals surface area contributed by atoms with Crippen molar-refractivity contribution in [1.29, 1.82) is 0 Å². The smallest absolute Gasteiger partial charge is 0.410 e. The third kappa shape index (κ3) is 15.7. The van der Waals surface area contributed by atoms with Crippen LogP contribution in [0.1, 0.15) is 79.3 Å². The normalized spacial score (nSPS) is 15.6. The molecule has 1 fully saturated rings. The first kappa shape index (κ1) is 48.5.